The molecule has 5 rings (SSSR count). The number of aromatic nitrogens is 2. The fraction of sp³-hybridized carbons (Fsp3) is 0.250. The largest absolute Gasteiger partial charge is 0.261 e. The molecule has 3 heterocycles. The Hall–Kier alpha value is -2.31. The standard InChI is InChI=1S/C24H23N2P/c1-2-10-18(11-3-1)27-23(21-14-6-8-16-25-21)19-12-4-5-13-20(19)24(27)22-15-7-9-17-26-22/h1-3,6-12,14-17,20,23-24H,4-5,13H2/t20?,23?,24?,27-/m0/s1. The van der Waals surface area contributed by atoms with Crippen molar-refractivity contribution in [1.29, 1.82) is 0 Å². The quantitative estimate of drug-likeness (QED) is 0.430. The van der Waals surface area contributed by atoms with Gasteiger partial charge < -0.3 is 0 Å². The van der Waals surface area contributed by atoms with Crippen molar-refractivity contribution in [1.82, 2.24) is 9.97 Å². The molecule has 1 saturated heterocycles. The third-order valence-corrected chi connectivity index (χ3v) is 9.05. The topological polar surface area (TPSA) is 25.8 Å². The van der Waals surface area contributed by atoms with Gasteiger partial charge in [-0.3, -0.25) is 9.97 Å². The maximum Gasteiger partial charge on any atom is 0.0521 e. The molecule has 0 N–H and O–H groups in total. The first-order valence-electron chi connectivity index (χ1n) is 9.78. The molecule has 3 aromatic rings. The minimum absolute atomic E-state index is 0.404. The summed E-state index contributed by atoms with van der Waals surface area (Å²) in [5, 5.41) is 1.47. The minimum Gasteiger partial charge on any atom is -0.261 e. The average molecular weight is 370 g/mol. The zero-order chi connectivity index (χ0) is 18.1. The second-order valence-electron chi connectivity index (χ2n) is 7.34. The van der Waals surface area contributed by atoms with Crippen molar-refractivity contribution in [2.45, 2.75) is 30.6 Å². The summed E-state index contributed by atoms with van der Waals surface area (Å²) in [7, 11) is -0.463. The van der Waals surface area contributed by atoms with E-state index < -0.39 is 7.92 Å². The number of rotatable bonds is 3. The molecule has 2 aromatic heterocycles. The Morgan fingerprint density at radius 2 is 1.48 bits per heavy atom. The fourth-order valence-electron chi connectivity index (χ4n) is 4.75. The summed E-state index contributed by atoms with van der Waals surface area (Å²) < 4.78 is 0. The SMILES string of the molecule is C1=C2C(CCC1)C(c1ccccn1)[P@@](c1ccccc1)C2c1ccccn1. The van der Waals surface area contributed by atoms with Gasteiger partial charge in [-0.05, 0) is 54.8 Å². The van der Waals surface area contributed by atoms with E-state index in [9.17, 15) is 0 Å². The first kappa shape index (κ1) is 16.8. The van der Waals surface area contributed by atoms with Crippen LogP contribution in [0.15, 0.2) is 90.8 Å². The highest BCUT2D eigenvalue weighted by molar-refractivity contribution is 7.67. The van der Waals surface area contributed by atoms with Gasteiger partial charge in [0.2, 0.25) is 0 Å². The molecular formula is C24H23N2P. The fourth-order valence-corrected chi connectivity index (χ4v) is 8.41. The van der Waals surface area contributed by atoms with Crippen molar-refractivity contribution in [3.05, 3.63) is 102 Å². The first-order valence-corrected chi connectivity index (χ1v) is 11.3. The lowest BCUT2D eigenvalue weighted by molar-refractivity contribution is 0.501. The van der Waals surface area contributed by atoms with Crippen LogP contribution < -0.4 is 5.30 Å². The Labute approximate surface area is 162 Å². The molecule has 0 amide bonds. The summed E-state index contributed by atoms with van der Waals surface area (Å²) >= 11 is 0. The molecule has 1 fully saturated rings. The van der Waals surface area contributed by atoms with Gasteiger partial charge in [-0.25, -0.2) is 0 Å². The van der Waals surface area contributed by atoms with Gasteiger partial charge in [-0.1, -0.05) is 62.0 Å². The van der Waals surface area contributed by atoms with E-state index in [-0.39, 0.29) is 0 Å². The first-order chi connectivity index (χ1) is 13.4. The number of nitrogens with zero attached hydrogens (tertiary/aromatic N) is 2. The molecule has 0 radical (unpaired) electrons. The van der Waals surface area contributed by atoms with E-state index in [1.807, 2.05) is 24.5 Å². The number of pyridine rings is 2. The van der Waals surface area contributed by atoms with Gasteiger partial charge in [0.05, 0.1) is 5.69 Å². The number of allylic oxidation sites excluding steroid dienone is 2. The van der Waals surface area contributed by atoms with Crippen LogP contribution in [0.4, 0.5) is 0 Å². The van der Waals surface area contributed by atoms with Gasteiger partial charge in [0, 0.05) is 29.4 Å². The number of fused-ring (bicyclic) bond motifs is 1. The van der Waals surface area contributed by atoms with E-state index in [1.54, 1.807) is 5.57 Å². The molecule has 2 nitrogen and oxygen atoms in total. The van der Waals surface area contributed by atoms with E-state index in [0.717, 1.165) is 0 Å². The molecule has 0 saturated carbocycles. The van der Waals surface area contributed by atoms with Crippen molar-refractivity contribution in [2.24, 2.45) is 5.92 Å². The van der Waals surface area contributed by atoms with Crippen LogP contribution in [-0.2, 0) is 0 Å². The van der Waals surface area contributed by atoms with E-state index in [2.05, 4.69) is 60.7 Å². The summed E-state index contributed by atoms with van der Waals surface area (Å²) in [6, 6.07) is 23.9. The minimum atomic E-state index is -0.463. The smallest absolute Gasteiger partial charge is 0.0521 e. The Balaban J connectivity index is 1.72. The molecule has 2 aliphatic rings. The zero-order valence-corrected chi connectivity index (χ0v) is 16.2. The molecule has 4 atom stereocenters. The highest BCUT2D eigenvalue weighted by Crippen LogP contribution is 2.74. The van der Waals surface area contributed by atoms with E-state index in [4.69, 9.17) is 9.97 Å². The summed E-state index contributed by atoms with van der Waals surface area (Å²) in [4.78, 5) is 9.63. The van der Waals surface area contributed by atoms with Gasteiger partial charge in [-0.2, -0.15) is 0 Å². The Morgan fingerprint density at radius 3 is 2.19 bits per heavy atom. The number of hydrogen-bond donors (Lipinski definition) is 0. The second-order valence-corrected chi connectivity index (χ2v) is 9.74. The zero-order valence-electron chi connectivity index (χ0n) is 15.3. The molecule has 3 unspecified atom stereocenters. The van der Waals surface area contributed by atoms with Gasteiger partial charge in [0.1, 0.15) is 0 Å². The van der Waals surface area contributed by atoms with Gasteiger partial charge >= 0.3 is 0 Å². The predicted octanol–water partition coefficient (Wildman–Crippen LogP) is 5.81. The van der Waals surface area contributed by atoms with Crippen LogP contribution in [-0.4, -0.2) is 9.97 Å². The molecular weight excluding hydrogens is 347 g/mol. The Morgan fingerprint density at radius 1 is 0.778 bits per heavy atom. The summed E-state index contributed by atoms with van der Waals surface area (Å²) in [5.41, 5.74) is 4.97. The molecule has 3 heteroatoms. The lowest BCUT2D eigenvalue weighted by atomic mass is 9.82. The number of benzene rings is 1. The summed E-state index contributed by atoms with van der Waals surface area (Å²) in [6.45, 7) is 0. The third-order valence-electron chi connectivity index (χ3n) is 5.82. The lowest BCUT2D eigenvalue weighted by Crippen LogP contribution is -2.13. The van der Waals surface area contributed by atoms with Gasteiger partial charge in [0.15, 0.2) is 0 Å². The average Bonchev–Trinajstić information content (AvgIpc) is 3.11. The van der Waals surface area contributed by atoms with Crippen molar-refractivity contribution in [3.8, 4) is 0 Å². The molecule has 27 heavy (non-hydrogen) atoms. The molecule has 1 aromatic carbocycles. The second kappa shape index (κ2) is 7.37. The van der Waals surface area contributed by atoms with Crippen LogP contribution in [0.25, 0.3) is 0 Å². The molecule has 134 valence electrons. The predicted molar refractivity (Wildman–Crippen MR) is 112 cm³/mol. The highest BCUT2D eigenvalue weighted by Gasteiger charge is 2.49. The Bertz CT molecular complexity index is 924. The molecule has 0 spiro atoms. The monoisotopic (exact) mass is 370 g/mol. The van der Waals surface area contributed by atoms with Crippen molar-refractivity contribution < 1.29 is 0 Å². The third kappa shape index (κ3) is 3.03. The summed E-state index contributed by atoms with van der Waals surface area (Å²) in [6.07, 6.45) is 10.2. The maximum absolute atomic E-state index is 4.82. The molecule has 0 bridgehead atoms. The lowest BCUT2D eigenvalue weighted by Gasteiger charge is -2.27. The van der Waals surface area contributed by atoms with Crippen LogP contribution >= 0.6 is 7.92 Å². The molecule has 1 aliphatic heterocycles. The van der Waals surface area contributed by atoms with E-state index in [0.29, 0.717) is 17.2 Å². The van der Waals surface area contributed by atoms with Crippen LogP contribution in [0.5, 0.6) is 0 Å². The Kier molecular flexibility index (Phi) is 4.59. The van der Waals surface area contributed by atoms with Gasteiger partial charge in [0.25, 0.3) is 0 Å². The van der Waals surface area contributed by atoms with E-state index >= 15 is 0 Å². The van der Waals surface area contributed by atoms with E-state index in [1.165, 1.54) is 36.0 Å². The van der Waals surface area contributed by atoms with Crippen LogP contribution in [0.3, 0.4) is 0 Å². The highest BCUT2D eigenvalue weighted by atomic mass is 31.1. The molecule has 1 aliphatic carbocycles. The maximum atomic E-state index is 4.82. The van der Waals surface area contributed by atoms with Crippen LogP contribution in [0.1, 0.15) is 42.0 Å². The normalized spacial score (nSPS) is 27.0. The van der Waals surface area contributed by atoms with Crippen molar-refractivity contribution >= 4 is 13.2 Å². The summed E-state index contributed by atoms with van der Waals surface area (Å²) in [5.74, 6) is 0.590. The van der Waals surface area contributed by atoms with Crippen molar-refractivity contribution in [3.63, 3.8) is 0 Å². The van der Waals surface area contributed by atoms with Crippen LogP contribution in [0.2, 0.25) is 0 Å². The van der Waals surface area contributed by atoms with Gasteiger partial charge in [-0.15, -0.1) is 0 Å². The van der Waals surface area contributed by atoms with Crippen LogP contribution in [0, 0.1) is 5.92 Å². The van der Waals surface area contributed by atoms with Crippen molar-refractivity contribution in [2.75, 3.05) is 0 Å². The number of hydrogen-bond acceptors (Lipinski definition) is 2.